The molecule has 2 atom stereocenters. The highest BCUT2D eigenvalue weighted by molar-refractivity contribution is 6.35. The summed E-state index contributed by atoms with van der Waals surface area (Å²) in [6.07, 6.45) is 2.30. The normalized spacial score (nSPS) is 15.6. The van der Waals surface area contributed by atoms with Crippen molar-refractivity contribution < 1.29 is 29.1 Å². The van der Waals surface area contributed by atoms with E-state index < -0.39 is 42.2 Å². The number of aliphatic carboxylic acids is 1. The van der Waals surface area contributed by atoms with Crippen molar-refractivity contribution in [2.24, 2.45) is 5.92 Å². The molecule has 2 N–H and O–H groups in total. The van der Waals surface area contributed by atoms with Gasteiger partial charge in [-0.2, -0.15) is 0 Å². The summed E-state index contributed by atoms with van der Waals surface area (Å²) in [6, 6.07) is 25.1. The van der Waals surface area contributed by atoms with Crippen molar-refractivity contribution in [3.8, 4) is 0 Å². The fourth-order valence-electron chi connectivity index (χ4n) is 5.13. The average Bonchev–Trinajstić information content (AvgIpc) is 3.01. The van der Waals surface area contributed by atoms with Gasteiger partial charge in [0, 0.05) is 19.0 Å². The highest BCUT2D eigenvalue weighted by Gasteiger charge is 2.41. The van der Waals surface area contributed by atoms with Crippen LogP contribution in [0.4, 0.5) is 0 Å². The molecule has 0 aliphatic carbocycles. The Kier molecular flexibility index (Phi) is 10.2. The number of benzene rings is 3. The van der Waals surface area contributed by atoms with Crippen LogP contribution in [0.15, 0.2) is 97.2 Å². The SMILES string of the molecule is CC(C)[C@H]1C(=O)N(CC(=O)N[C@@H](Cc2ccccc2)C(=O)C(=O)O)C(c2ccccc2)=CN1C(=O)CCc1ccccc1. The van der Waals surface area contributed by atoms with Gasteiger partial charge in [0.1, 0.15) is 18.6 Å². The number of Topliss-reactive ketones (excluding diaryl/α,β-unsaturated/α-hetero) is 1. The first kappa shape index (κ1) is 30.9. The van der Waals surface area contributed by atoms with Gasteiger partial charge < -0.3 is 15.3 Å². The summed E-state index contributed by atoms with van der Waals surface area (Å²) in [5.41, 5.74) is 2.65. The van der Waals surface area contributed by atoms with Crippen molar-refractivity contribution in [2.45, 2.75) is 45.2 Å². The van der Waals surface area contributed by atoms with Gasteiger partial charge in [-0.1, -0.05) is 105 Å². The van der Waals surface area contributed by atoms with Gasteiger partial charge in [-0.15, -0.1) is 0 Å². The molecule has 0 unspecified atom stereocenters. The van der Waals surface area contributed by atoms with Crippen LogP contribution in [-0.4, -0.2) is 63.0 Å². The van der Waals surface area contributed by atoms with Crippen LogP contribution >= 0.6 is 0 Å². The lowest BCUT2D eigenvalue weighted by atomic mass is 9.96. The molecule has 43 heavy (non-hydrogen) atoms. The van der Waals surface area contributed by atoms with Crippen LogP contribution < -0.4 is 5.32 Å². The lowest BCUT2D eigenvalue weighted by Gasteiger charge is -2.41. The van der Waals surface area contributed by atoms with Crippen LogP contribution in [0.5, 0.6) is 0 Å². The second kappa shape index (κ2) is 14.2. The van der Waals surface area contributed by atoms with E-state index in [4.69, 9.17) is 0 Å². The Morgan fingerprint density at radius 1 is 0.837 bits per heavy atom. The number of carbonyl (C=O) groups excluding carboxylic acids is 4. The molecule has 3 aromatic carbocycles. The summed E-state index contributed by atoms with van der Waals surface area (Å²) in [4.78, 5) is 67.8. The van der Waals surface area contributed by atoms with Gasteiger partial charge >= 0.3 is 5.97 Å². The number of hydrogen-bond donors (Lipinski definition) is 2. The summed E-state index contributed by atoms with van der Waals surface area (Å²) in [5, 5.41) is 11.9. The maximum atomic E-state index is 14.0. The van der Waals surface area contributed by atoms with E-state index >= 15 is 0 Å². The van der Waals surface area contributed by atoms with Gasteiger partial charge in [0.2, 0.25) is 11.8 Å². The minimum atomic E-state index is -1.66. The minimum absolute atomic E-state index is 0.0225. The number of carboxylic acids is 1. The molecule has 0 aromatic heterocycles. The van der Waals surface area contributed by atoms with Crippen LogP contribution in [-0.2, 0) is 36.8 Å². The molecule has 0 bridgehead atoms. The van der Waals surface area contributed by atoms with Crippen LogP contribution in [0.3, 0.4) is 0 Å². The lowest BCUT2D eigenvalue weighted by molar-refractivity contribution is -0.150. The van der Waals surface area contributed by atoms with E-state index in [1.165, 1.54) is 9.80 Å². The van der Waals surface area contributed by atoms with Gasteiger partial charge in [0.05, 0.1) is 5.70 Å². The summed E-state index contributed by atoms with van der Waals surface area (Å²) >= 11 is 0. The largest absolute Gasteiger partial charge is 0.475 e. The maximum Gasteiger partial charge on any atom is 0.374 e. The van der Waals surface area contributed by atoms with Gasteiger partial charge in [-0.05, 0) is 29.0 Å². The monoisotopic (exact) mass is 581 g/mol. The third kappa shape index (κ3) is 7.82. The Morgan fingerprint density at radius 2 is 1.40 bits per heavy atom. The highest BCUT2D eigenvalue weighted by atomic mass is 16.4. The Labute approximate surface area is 250 Å². The molecule has 4 rings (SSSR count). The molecule has 0 radical (unpaired) electrons. The van der Waals surface area contributed by atoms with E-state index in [2.05, 4.69) is 5.32 Å². The van der Waals surface area contributed by atoms with E-state index in [-0.39, 0.29) is 24.7 Å². The summed E-state index contributed by atoms with van der Waals surface area (Å²) < 4.78 is 0. The number of carboxylic acid groups (broad SMARTS) is 1. The first-order valence-corrected chi connectivity index (χ1v) is 14.2. The topological polar surface area (TPSA) is 124 Å². The summed E-state index contributed by atoms with van der Waals surface area (Å²) in [7, 11) is 0. The average molecular weight is 582 g/mol. The zero-order valence-electron chi connectivity index (χ0n) is 24.2. The fourth-order valence-corrected chi connectivity index (χ4v) is 5.13. The Hall–Kier alpha value is -5.05. The number of nitrogens with one attached hydrogen (secondary N) is 1. The molecule has 1 heterocycles. The number of aryl methyl sites for hydroxylation is 1. The molecular formula is C34H35N3O6. The van der Waals surface area contributed by atoms with Crippen molar-refractivity contribution in [3.63, 3.8) is 0 Å². The predicted molar refractivity (Wildman–Crippen MR) is 161 cm³/mol. The van der Waals surface area contributed by atoms with Crippen molar-refractivity contribution in [1.82, 2.24) is 15.1 Å². The number of carbonyl (C=O) groups is 5. The smallest absolute Gasteiger partial charge is 0.374 e. The molecule has 3 amide bonds. The standard InChI is InChI=1S/C34H35N3O6/c1-23(2)31-33(41)36(22-29(38)35-27(32(40)34(42)43)20-25-14-8-4-9-15-25)28(26-16-10-5-11-17-26)21-37(31)30(39)19-18-24-12-6-3-7-13-24/h3-17,21,23,27,31H,18-20,22H2,1-2H3,(H,35,38)(H,42,43)/t27-,31-/m0/s1. The van der Waals surface area contributed by atoms with Crippen LogP contribution in [0.2, 0.25) is 0 Å². The van der Waals surface area contributed by atoms with E-state index in [0.29, 0.717) is 23.2 Å². The fraction of sp³-hybridized carbons (Fsp3) is 0.265. The maximum absolute atomic E-state index is 14.0. The Bertz CT molecular complexity index is 1490. The minimum Gasteiger partial charge on any atom is -0.475 e. The van der Waals surface area contributed by atoms with Crippen molar-refractivity contribution in [3.05, 3.63) is 114 Å². The lowest BCUT2D eigenvalue weighted by Crippen LogP contribution is -2.57. The second-order valence-electron chi connectivity index (χ2n) is 10.8. The first-order chi connectivity index (χ1) is 20.7. The highest BCUT2D eigenvalue weighted by Crippen LogP contribution is 2.30. The van der Waals surface area contributed by atoms with Crippen molar-refractivity contribution in [1.29, 1.82) is 0 Å². The molecule has 3 aromatic rings. The summed E-state index contributed by atoms with van der Waals surface area (Å²) in [5.74, 6) is -4.45. The molecule has 0 spiro atoms. The molecule has 9 heteroatoms. The van der Waals surface area contributed by atoms with Gasteiger partial charge in [0.25, 0.3) is 11.7 Å². The van der Waals surface area contributed by atoms with Crippen LogP contribution in [0.1, 0.15) is 37.0 Å². The van der Waals surface area contributed by atoms with Crippen molar-refractivity contribution >= 4 is 35.2 Å². The molecule has 0 fully saturated rings. The predicted octanol–water partition coefficient (Wildman–Crippen LogP) is 3.69. The number of ketones is 1. The van der Waals surface area contributed by atoms with E-state index in [1.54, 1.807) is 60.8 Å². The van der Waals surface area contributed by atoms with Gasteiger partial charge in [0.15, 0.2) is 0 Å². The van der Waals surface area contributed by atoms with E-state index in [1.807, 2.05) is 50.2 Å². The van der Waals surface area contributed by atoms with E-state index in [9.17, 15) is 29.1 Å². The molecule has 0 saturated carbocycles. The van der Waals surface area contributed by atoms with Gasteiger partial charge in [-0.25, -0.2) is 4.79 Å². The molecule has 9 nitrogen and oxygen atoms in total. The molecular weight excluding hydrogens is 546 g/mol. The Balaban J connectivity index is 1.62. The van der Waals surface area contributed by atoms with Crippen LogP contribution in [0, 0.1) is 5.92 Å². The number of amides is 3. The zero-order chi connectivity index (χ0) is 30.9. The Morgan fingerprint density at radius 3 is 1.95 bits per heavy atom. The molecule has 222 valence electrons. The van der Waals surface area contributed by atoms with Gasteiger partial charge in [-0.3, -0.25) is 24.1 Å². The van der Waals surface area contributed by atoms with Crippen LogP contribution in [0.25, 0.3) is 5.70 Å². The zero-order valence-corrected chi connectivity index (χ0v) is 24.2. The second-order valence-corrected chi connectivity index (χ2v) is 10.8. The summed E-state index contributed by atoms with van der Waals surface area (Å²) in [6.45, 7) is 3.20. The third-order valence-electron chi connectivity index (χ3n) is 7.28. The number of nitrogens with zero attached hydrogens (tertiary/aromatic N) is 2. The number of hydrogen-bond acceptors (Lipinski definition) is 5. The molecule has 1 aliphatic heterocycles. The van der Waals surface area contributed by atoms with Crippen molar-refractivity contribution in [2.75, 3.05) is 6.54 Å². The quantitative estimate of drug-likeness (QED) is 0.315. The van der Waals surface area contributed by atoms with E-state index in [0.717, 1.165) is 5.56 Å². The first-order valence-electron chi connectivity index (χ1n) is 14.2. The number of rotatable bonds is 12. The molecule has 1 aliphatic rings. The third-order valence-corrected chi connectivity index (χ3v) is 7.28. The molecule has 0 saturated heterocycles.